The summed E-state index contributed by atoms with van der Waals surface area (Å²) < 4.78 is 5.39. The van der Waals surface area contributed by atoms with Crippen LogP contribution in [-0.4, -0.2) is 71.3 Å². The maximum absolute atomic E-state index is 13.9. The molecule has 1 aliphatic carbocycles. The highest BCUT2D eigenvalue weighted by Crippen LogP contribution is 2.65. The summed E-state index contributed by atoms with van der Waals surface area (Å²) >= 11 is 0. The van der Waals surface area contributed by atoms with E-state index in [9.17, 15) is 24.0 Å². The minimum Gasteiger partial charge on any atom is -0.444 e. The first-order valence-corrected chi connectivity index (χ1v) is 13.7. The summed E-state index contributed by atoms with van der Waals surface area (Å²) in [6, 6.07) is -2.79. The number of ether oxygens (including phenoxy) is 1. The number of Topliss-reactive ketones (excluding diaryl/α,β-unsaturated/α-hetero) is 1. The van der Waals surface area contributed by atoms with E-state index in [1.807, 2.05) is 13.8 Å². The van der Waals surface area contributed by atoms with E-state index in [0.29, 0.717) is 19.4 Å². The van der Waals surface area contributed by atoms with Crippen molar-refractivity contribution < 1.29 is 28.7 Å². The van der Waals surface area contributed by atoms with E-state index in [1.165, 1.54) is 11.0 Å². The molecule has 218 valence electrons. The van der Waals surface area contributed by atoms with E-state index in [-0.39, 0.29) is 42.0 Å². The molecule has 6 atom stereocenters. The van der Waals surface area contributed by atoms with Gasteiger partial charge in [0.25, 0.3) is 5.91 Å². The molecule has 1 heterocycles. The van der Waals surface area contributed by atoms with Crippen molar-refractivity contribution in [3.63, 3.8) is 0 Å². The largest absolute Gasteiger partial charge is 0.444 e. The molecule has 0 spiro atoms. The Bertz CT molecular complexity index is 985. The van der Waals surface area contributed by atoms with E-state index in [2.05, 4.69) is 43.0 Å². The highest BCUT2D eigenvalue weighted by Gasteiger charge is 2.69. The van der Waals surface area contributed by atoms with Gasteiger partial charge in [-0.3, -0.25) is 19.2 Å². The zero-order chi connectivity index (χ0) is 29.7. The molecule has 0 radical (unpaired) electrons. The number of nitrogens with one attached hydrogen (secondary N) is 3. The molecular weight excluding hydrogens is 500 g/mol. The van der Waals surface area contributed by atoms with Crippen LogP contribution in [0.5, 0.6) is 0 Å². The second-order valence-corrected chi connectivity index (χ2v) is 12.2. The summed E-state index contributed by atoms with van der Waals surface area (Å²) in [6.07, 6.45) is 3.59. The number of carbonyl (C=O) groups excluding carboxylic acids is 5. The van der Waals surface area contributed by atoms with Crippen LogP contribution in [0.2, 0.25) is 0 Å². The third kappa shape index (κ3) is 7.70. The molecule has 2 unspecified atom stereocenters. The Labute approximate surface area is 232 Å². The molecule has 0 bridgehead atoms. The number of hydrogen-bond donors (Lipinski definition) is 3. The number of likely N-dealkylation sites (tertiary alicyclic amines) is 1. The van der Waals surface area contributed by atoms with Gasteiger partial charge in [-0.05, 0) is 56.8 Å². The Morgan fingerprint density at radius 3 is 2.28 bits per heavy atom. The number of carbonyl (C=O) groups is 5. The molecule has 2 rings (SSSR count). The van der Waals surface area contributed by atoms with Crippen LogP contribution in [0.15, 0.2) is 25.3 Å². The lowest BCUT2D eigenvalue weighted by Gasteiger charge is -2.35. The molecule has 2 aliphatic rings. The van der Waals surface area contributed by atoms with Crippen molar-refractivity contribution in [2.75, 3.05) is 13.1 Å². The minimum atomic E-state index is -1.07. The minimum absolute atomic E-state index is 0.106. The number of alkyl carbamates (subject to hydrolysis) is 1. The quantitative estimate of drug-likeness (QED) is 0.240. The summed E-state index contributed by atoms with van der Waals surface area (Å²) in [6.45, 7) is 20.8. The number of allylic oxidation sites excluding steroid dienone is 1. The summed E-state index contributed by atoms with van der Waals surface area (Å²) in [5.41, 5.74) is -0.898. The molecule has 0 aromatic rings. The van der Waals surface area contributed by atoms with Crippen molar-refractivity contribution in [2.45, 2.75) is 91.5 Å². The lowest BCUT2D eigenvalue weighted by molar-refractivity contribution is -0.144. The summed E-state index contributed by atoms with van der Waals surface area (Å²) in [5, 5.41) is 7.93. The van der Waals surface area contributed by atoms with Gasteiger partial charge in [-0.15, -0.1) is 13.2 Å². The highest BCUT2D eigenvalue weighted by molar-refractivity contribution is 6.38. The second kappa shape index (κ2) is 12.8. The van der Waals surface area contributed by atoms with Crippen LogP contribution in [0.1, 0.15) is 67.7 Å². The van der Waals surface area contributed by atoms with Crippen LogP contribution in [-0.2, 0) is 23.9 Å². The van der Waals surface area contributed by atoms with Gasteiger partial charge in [0.15, 0.2) is 0 Å². The summed E-state index contributed by atoms with van der Waals surface area (Å²) in [4.78, 5) is 66.9. The molecule has 1 saturated carbocycles. The molecule has 1 saturated heterocycles. The molecule has 1 aliphatic heterocycles. The van der Waals surface area contributed by atoms with E-state index in [0.717, 1.165) is 0 Å². The van der Waals surface area contributed by atoms with Crippen LogP contribution in [0, 0.1) is 23.2 Å². The Kier molecular flexibility index (Phi) is 10.5. The van der Waals surface area contributed by atoms with Gasteiger partial charge in [-0.2, -0.15) is 0 Å². The van der Waals surface area contributed by atoms with E-state index < -0.39 is 47.4 Å². The maximum atomic E-state index is 13.9. The predicted octanol–water partition coefficient (Wildman–Crippen LogP) is 2.73. The average molecular weight is 547 g/mol. The topological polar surface area (TPSA) is 134 Å². The van der Waals surface area contributed by atoms with Crippen molar-refractivity contribution in [1.82, 2.24) is 20.9 Å². The first kappa shape index (κ1) is 32.0. The number of rotatable bonds is 13. The number of amides is 4. The molecule has 3 N–H and O–H groups in total. The van der Waals surface area contributed by atoms with Gasteiger partial charge in [0.1, 0.15) is 17.7 Å². The highest BCUT2D eigenvalue weighted by atomic mass is 16.6. The molecule has 0 aromatic carbocycles. The van der Waals surface area contributed by atoms with Crippen molar-refractivity contribution in [1.29, 1.82) is 0 Å². The predicted molar refractivity (Wildman–Crippen MR) is 148 cm³/mol. The number of piperidine rings is 1. The zero-order valence-electron chi connectivity index (χ0n) is 24.5. The first-order chi connectivity index (χ1) is 18.1. The molecule has 4 amide bonds. The monoisotopic (exact) mass is 546 g/mol. The van der Waals surface area contributed by atoms with Crippen LogP contribution >= 0.6 is 0 Å². The lowest BCUT2D eigenvalue weighted by atomic mass is 9.95. The van der Waals surface area contributed by atoms with Gasteiger partial charge < -0.3 is 25.6 Å². The number of hydrogen-bond acceptors (Lipinski definition) is 6. The van der Waals surface area contributed by atoms with Crippen LogP contribution in [0.4, 0.5) is 4.79 Å². The Balaban J connectivity index is 2.30. The zero-order valence-corrected chi connectivity index (χ0v) is 24.5. The van der Waals surface area contributed by atoms with Crippen LogP contribution in [0.3, 0.4) is 0 Å². The second-order valence-electron chi connectivity index (χ2n) is 12.2. The van der Waals surface area contributed by atoms with Crippen molar-refractivity contribution >= 4 is 29.6 Å². The first-order valence-electron chi connectivity index (χ1n) is 13.7. The Hall–Kier alpha value is -3.17. The van der Waals surface area contributed by atoms with Crippen LogP contribution in [0.25, 0.3) is 0 Å². The fourth-order valence-electron chi connectivity index (χ4n) is 5.33. The van der Waals surface area contributed by atoms with Crippen molar-refractivity contribution in [2.24, 2.45) is 23.2 Å². The standard InChI is InChI=1S/C29H46N4O6/c1-10-13-14-19(23(34)25(36)30-15-11-2)31-24(35)22-20-18(29(20,8)9)16-33(22)26(37)21(17(4)12-3)32-27(38)39-28(5,6)7/h10-11,17-22H,1-2,12-16H2,3-9H3,(H,30,36)(H,31,35)(H,32,38)/t17?,18-,19?,20-,21+,22+/m1/s1. The van der Waals surface area contributed by atoms with Crippen molar-refractivity contribution in [3.8, 4) is 0 Å². The Morgan fingerprint density at radius 1 is 1.10 bits per heavy atom. The molecule has 10 heteroatoms. The average Bonchev–Trinajstić information content (AvgIpc) is 3.18. The SMILES string of the molecule is C=CCCC(NC(=O)[C@@H]1[C@H]2[C@@H](CN1C(=O)[C@@H](NC(=O)OC(C)(C)C)C(C)CC)C2(C)C)C(=O)C(=O)NCC=C. The molecule has 39 heavy (non-hydrogen) atoms. The Morgan fingerprint density at radius 2 is 1.74 bits per heavy atom. The third-order valence-corrected chi connectivity index (χ3v) is 7.83. The molecule has 0 aromatic heterocycles. The summed E-state index contributed by atoms with van der Waals surface area (Å²) in [5.74, 6) is -2.64. The number of nitrogens with zero attached hydrogens (tertiary/aromatic N) is 1. The van der Waals surface area contributed by atoms with E-state index >= 15 is 0 Å². The smallest absolute Gasteiger partial charge is 0.408 e. The third-order valence-electron chi connectivity index (χ3n) is 7.83. The summed E-state index contributed by atoms with van der Waals surface area (Å²) in [7, 11) is 0. The van der Waals surface area contributed by atoms with Crippen LogP contribution < -0.4 is 16.0 Å². The fourth-order valence-corrected chi connectivity index (χ4v) is 5.33. The van der Waals surface area contributed by atoms with Gasteiger partial charge >= 0.3 is 6.09 Å². The molecule has 2 fully saturated rings. The lowest BCUT2D eigenvalue weighted by Crippen LogP contribution is -2.59. The van der Waals surface area contributed by atoms with Gasteiger partial charge in [0.2, 0.25) is 17.6 Å². The normalized spacial score (nSPS) is 23.4. The molecule has 10 nitrogen and oxygen atoms in total. The van der Waals surface area contributed by atoms with Gasteiger partial charge in [-0.25, -0.2) is 4.79 Å². The van der Waals surface area contributed by atoms with E-state index in [1.54, 1.807) is 26.8 Å². The van der Waals surface area contributed by atoms with Crippen molar-refractivity contribution in [3.05, 3.63) is 25.3 Å². The van der Waals surface area contributed by atoms with Gasteiger partial charge in [0, 0.05) is 13.1 Å². The number of ketones is 1. The number of fused-ring (bicyclic) bond motifs is 1. The van der Waals surface area contributed by atoms with E-state index in [4.69, 9.17) is 4.74 Å². The van der Waals surface area contributed by atoms with Gasteiger partial charge in [-0.1, -0.05) is 46.3 Å². The fraction of sp³-hybridized carbons (Fsp3) is 0.690. The molecular formula is C29H46N4O6. The van der Waals surface area contributed by atoms with Gasteiger partial charge in [0.05, 0.1) is 6.04 Å². The maximum Gasteiger partial charge on any atom is 0.408 e.